The first-order valence-corrected chi connectivity index (χ1v) is 20.3. The van der Waals surface area contributed by atoms with E-state index in [1.165, 1.54) is 51.2 Å². The topological polar surface area (TPSA) is 185 Å². The Morgan fingerprint density at radius 2 is 1.85 bits per heavy atom. The van der Waals surface area contributed by atoms with Gasteiger partial charge in [-0.05, 0) is 57.4 Å². The molecule has 0 radical (unpaired) electrons. The number of likely N-dealkylation sites (tertiary alicyclic amines) is 1. The number of benzene rings is 1. The summed E-state index contributed by atoms with van der Waals surface area (Å²) in [7, 11) is 6.16. The third-order valence-corrected chi connectivity index (χ3v) is 11.3. The minimum absolute atomic E-state index is 0.0994. The molecule has 18 heteroatoms. The molecule has 1 atom stereocenters. The summed E-state index contributed by atoms with van der Waals surface area (Å²) in [5.74, 6) is 5.80. The molecule has 318 valence electrons. The van der Waals surface area contributed by atoms with Crippen LogP contribution >= 0.6 is 11.6 Å². The van der Waals surface area contributed by atoms with Gasteiger partial charge in [-0.15, -0.1) is 0 Å². The molecular formula is C43H46ClN9O8. The molecule has 1 fully saturated rings. The molecular weight excluding hydrogens is 806 g/mol. The Hall–Kier alpha value is -6.51. The Balaban J connectivity index is 1.03. The zero-order chi connectivity index (χ0) is 43.7. The normalized spacial score (nSPS) is 14.6. The fourth-order valence-corrected chi connectivity index (χ4v) is 8.38. The number of hydrogen-bond acceptors (Lipinski definition) is 10. The highest BCUT2D eigenvalue weighted by molar-refractivity contribution is 6.30. The number of rotatable bonds is 12. The largest absolute Gasteiger partial charge is 0.480 e. The van der Waals surface area contributed by atoms with Crippen molar-refractivity contribution in [3.63, 3.8) is 0 Å². The van der Waals surface area contributed by atoms with Crippen molar-refractivity contribution in [3.8, 4) is 29.1 Å². The van der Waals surface area contributed by atoms with E-state index in [9.17, 15) is 28.8 Å². The number of aromatic nitrogens is 6. The minimum atomic E-state index is -0.853. The summed E-state index contributed by atoms with van der Waals surface area (Å²) < 4.78 is 17.8. The number of amides is 3. The monoisotopic (exact) mass is 851 g/mol. The number of carbonyl (C=O) groups is 4. The summed E-state index contributed by atoms with van der Waals surface area (Å²) in [6.07, 6.45) is 5.01. The van der Waals surface area contributed by atoms with Gasteiger partial charge in [0.25, 0.3) is 17.4 Å². The van der Waals surface area contributed by atoms with Crippen molar-refractivity contribution >= 4 is 52.3 Å². The number of aldehydes is 1. The van der Waals surface area contributed by atoms with Gasteiger partial charge in [0.1, 0.15) is 30.4 Å². The number of hydrogen-bond donors (Lipinski definition) is 1. The van der Waals surface area contributed by atoms with Crippen LogP contribution in [-0.4, -0.2) is 97.1 Å². The van der Waals surface area contributed by atoms with Crippen LogP contribution in [0.1, 0.15) is 83.7 Å². The molecule has 0 bridgehead atoms. The number of imidazole rings is 2. The molecule has 17 nitrogen and oxygen atoms in total. The second kappa shape index (κ2) is 17.6. The lowest BCUT2D eigenvalue weighted by Crippen LogP contribution is -2.41. The number of likely N-dealkylation sites (N-methyl/N-ethyl adjacent to an activating group) is 1. The molecule has 7 rings (SSSR count). The van der Waals surface area contributed by atoms with Crippen molar-refractivity contribution in [1.29, 1.82) is 0 Å². The Morgan fingerprint density at radius 3 is 2.54 bits per heavy atom. The molecule has 0 aliphatic carbocycles. The van der Waals surface area contributed by atoms with E-state index in [0.29, 0.717) is 70.2 Å². The number of carbonyl (C=O) groups excluding carboxylic acids is 4. The molecule has 1 N–H and O–H groups in total. The summed E-state index contributed by atoms with van der Waals surface area (Å²) in [5, 5.41) is 2.91. The molecule has 1 saturated heterocycles. The van der Waals surface area contributed by atoms with E-state index in [1.807, 2.05) is 18.4 Å². The molecule has 1 aromatic carbocycles. The van der Waals surface area contributed by atoms with Crippen molar-refractivity contribution in [1.82, 2.24) is 38.5 Å². The number of nitrogens with one attached hydrogen (secondary N) is 1. The number of piperidine rings is 1. The van der Waals surface area contributed by atoms with E-state index in [2.05, 4.69) is 22.1 Å². The lowest BCUT2D eigenvalue weighted by atomic mass is 10.1. The number of halogens is 1. The van der Waals surface area contributed by atoms with Crippen LogP contribution in [0.2, 0.25) is 5.02 Å². The highest BCUT2D eigenvalue weighted by atomic mass is 35.5. The van der Waals surface area contributed by atoms with Crippen LogP contribution in [0.25, 0.3) is 22.4 Å². The van der Waals surface area contributed by atoms with E-state index in [-0.39, 0.29) is 78.5 Å². The predicted octanol–water partition coefficient (Wildman–Crippen LogP) is 3.64. The van der Waals surface area contributed by atoms with Gasteiger partial charge in [0.2, 0.25) is 11.8 Å². The number of nitrogens with zero attached hydrogens (tertiary/aromatic N) is 8. The first-order chi connectivity index (χ1) is 29.3. The first-order valence-electron chi connectivity index (χ1n) is 19.9. The molecule has 0 spiro atoms. The van der Waals surface area contributed by atoms with Crippen LogP contribution in [0.3, 0.4) is 0 Å². The Labute approximate surface area is 355 Å². The van der Waals surface area contributed by atoms with E-state index < -0.39 is 11.9 Å². The number of para-hydroxylation sites is 1. The summed E-state index contributed by atoms with van der Waals surface area (Å²) in [4.78, 5) is 90.2. The SMILES string of the molecule is CNC(=O)C(CCC=O)n1c(=O)n(C)c2c(C#CCOC3CCN(C(=O)c4cnc(OC)c(-c5nc6c(n5C(C)C)CN(c5cc(Cl)cn(C)c5=O)C6=O)c4)CC3)cccc21. The lowest BCUT2D eigenvalue weighted by Gasteiger charge is -2.31. The second-order valence-electron chi connectivity index (χ2n) is 15.2. The standard InChI is InChI=1S/C43H46ClN9O8/c1-25(2)52-34-24-51(33-21-28(44)23-48(4)41(33)57)42(58)35(34)47-37(52)30-20-27(22-46-39(30)60-6)40(56)50-16-14-29(15-17-50)61-19-9-11-26-10-7-12-31-36(26)49(5)43(59)53(31)32(13-8-18-54)38(55)45-3/h7,10,12,18,20-23,25,29,32H,8,13-17,19,24H2,1-6H3,(H,45,55). The van der Waals surface area contributed by atoms with Gasteiger partial charge in [0, 0.05) is 59.1 Å². The molecule has 1 unspecified atom stereocenters. The van der Waals surface area contributed by atoms with Crippen LogP contribution in [0.15, 0.2) is 52.3 Å². The Bertz CT molecular complexity index is 2750. The first kappa shape index (κ1) is 42.6. The Kier molecular flexibility index (Phi) is 12.3. The van der Waals surface area contributed by atoms with Crippen LogP contribution < -0.4 is 26.2 Å². The summed E-state index contributed by atoms with van der Waals surface area (Å²) in [6, 6.07) is 7.47. The average Bonchev–Trinajstić information content (AvgIpc) is 3.88. The van der Waals surface area contributed by atoms with Crippen molar-refractivity contribution in [2.24, 2.45) is 14.1 Å². The van der Waals surface area contributed by atoms with E-state index in [4.69, 9.17) is 26.1 Å². The smallest absolute Gasteiger partial charge is 0.329 e. The molecule has 4 aromatic heterocycles. The van der Waals surface area contributed by atoms with Crippen LogP contribution in [-0.2, 0) is 35.0 Å². The average molecular weight is 852 g/mol. The highest BCUT2D eigenvalue weighted by Crippen LogP contribution is 2.37. The van der Waals surface area contributed by atoms with Crippen molar-refractivity contribution in [2.45, 2.75) is 64.3 Å². The van der Waals surface area contributed by atoms with Crippen molar-refractivity contribution in [3.05, 3.63) is 91.1 Å². The summed E-state index contributed by atoms with van der Waals surface area (Å²) >= 11 is 6.25. The maximum absolute atomic E-state index is 13.9. The number of methoxy groups -OCH3 is 1. The quantitative estimate of drug-likeness (QED) is 0.144. The summed E-state index contributed by atoms with van der Waals surface area (Å²) in [5.41, 5.74) is 2.69. The fourth-order valence-electron chi connectivity index (χ4n) is 8.13. The number of ether oxygens (including phenoxy) is 2. The molecule has 2 aliphatic heterocycles. The third kappa shape index (κ3) is 7.96. The van der Waals surface area contributed by atoms with Gasteiger partial charge in [-0.2, -0.15) is 0 Å². The minimum Gasteiger partial charge on any atom is -0.480 e. The van der Waals surface area contributed by atoms with E-state index >= 15 is 0 Å². The number of anilines is 1. The molecule has 0 saturated carbocycles. The van der Waals surface area contributed by atoms with Crippen LogP contribution in [0, 0.1) is 11.8 Å². The van der Waals surface area contributed by atoms with Gasteiger partial charge in [0.05, 0.1) is 58.2 Å². The highest BCUT2D eigenvalue weighted by Gasteiger charge is 2.38. The number of fused-ring (bicyclic) bond motifs is 2. The van der Waals surface area contributed by atoms with E-state index in [0.717, 1.165) is 6.29 Å². The van der Waals surface area contributed by atoms with Gasteiger partial charge < -0.3 is 33.6 Å². The fraction of sp³-hybridized carbons (Fsp3) is 0.395. The Morgan fingerprint density at radius 1 is 1.10 bits per heavy atom. The van der Waals surface area contributed by atoms with Gasteiger partial charge in [-0.3, -0.25) is 33.2 Å². The number of pyridine rings is 2. The van der Waals surface area contributed by atoms with Gasteiger partial charge in [0.15, 0.2) is 5.69 Å². The zero-order valence-electron chi connectivity index (χ0n) is 34.7. The molecule has 2 aliphatic rings. The second-order valence-corrected chi connectivity index (χ2v) is 15.6. The maximum atomic E-state index is 13.9. The zero-order valence-corrected chi connectivity index (χ0v) is 35.5. The molecule has 5 aromatic rings. The molecule has 3 amide bonds. The van der Waals surface area contributed by atoms with Crippen molar-refractivity contribution < 1.29 is 28.7 Å². The van der Waals surface area contributed by atoms with E-state index in [1.54, 1.807) is 43.3 Å². The third-order valence-electron chi connectivity index (χ3n) is 11.1. The maximum Gasteiger partial charge on any atom is 0.329 e. The van der Waals surface area contributed by atoms with Crippen molar-refractivity contribution in [2.75, 3.05) is 38.8 Å². The summed E-state index contributed by atoms with van der Waals surface area (Å²) in [6.45, 7) is 5.01. The van der Waals surface area contributed by atoms with Gasteiger partial charge >= 0.3 is 5.69 Å². The van der Waals surface area contributed by atoms with Gasteiger partial charge in [-0.1, -0.05) is 29.5 Å². The predicted molar refractivity (Wildman–Crippen MR) is 227 cm³/mol. The molecule has 6 heterocycles. The van der Waals surface area contributed by atoms with Gasteiger partial charge in [-0.25, -0.2) is 14.8 Å². The number of aryl methyl sites for hydroxylation is 2. The van der Waals surface area contributed by atoms with Crippen LogP contribution in [0.5, 0.6) is 5.88 Å². The van der Waals surface area contributed by atoms with Crippen LogP contribution in [0.4, 0.5) is 5.69 Å². The lowest BCUT2D eigenvalue weighted by molar-refractivity contribution is -0.124. The molecule has 61 heavy (non-hydrogen) atoms.